The summed E-state index contributed by atoms with van der Waals surface area (Å²) in [5.41, 5.74) is 1.06. The van der Waals surface area contributed by atoms with E-state index < -0.39 is 45.8 Å². The van der Waals surface area contributed by atoms with Crippen LogP contribution in [-0.2, 0) is 14.6 Å². The van der Waals surface area contributed by atoms with Gasteiger partial charge in [0.1, 0.15) is 24.1 Å². The third-order valence-corrected chi connectivity index (χ3v) is 6.60. The van der Waals surface area contributed by atoms with Crippen molar-refractivity contribution in [3.05, 3.63) is 89.7 Å². The summed E-state index contributed by atoms with van der Waals surface area (Å²) in [6.45, 7) is -0.462. The van der Waals surface area contributed by atoms with Crippen LogP contribution in [0.4, 0.5) is 10.1 Å². The number of carbonyl (C=O) groups excluding carboxylic acids is 1. The minimum atomic E-state index is -4.00. The second-order valence-corrected chi connectivity index (χ2v) is 9.29. The zero-order valence-corrected chi connectivity index (χ0v) is 18.5. The normalized spacial score (nSPS) is 11.8. The second kappa shape index (κ2) is 10.6. The largest absolute Gasteiger partial charge is 0.493 e. The molecule has 174 valence electrons. The summed E-state index contributed by atoms with van der Waals surface area (Å²) in [7, 11) is -4.00. The van der Waals surface area contributed by atoms with Gasteiger partial charge in [-0.15, -0.1) is 0 Å². The first kappa shape index (κ1) is 24.4. The van der Waals surface area contributed by atoms with Crippen molar-refractivity contribution >= 4 is 27.4 Å². The average Bonchev–Trinajstić information content (AvgIpc) is 2.82. The lowest BCUT2D eigenvalue weighted by Crippen LogP contribution is -2.29. The van der Waals surface area contributed by atoms with E-state index in [1.165, 1.54) is 66.7 Å². The van der Waals surface area contributed by atoms with Crippen LogP contribution in [0.25, 0.3) is 0 Å². The van der Waals surface area contributed by atoms with Crippen molar-refractivity contribution in [1.29, 1.82) is 5.26 Å². The number of amides is 1. The van der Waals surface area contributed by atoms with E-state index in [1.807, 2.05) is 6.07 Å². The molecule has 0 saturated carbocycles. The van der Waals surface area contributed by atoms with Gasteiger partial charge in [-0.2, -0.15) is 5.26 Å². The molecule has 0 aliphatic heterocycles. The minimum absolute atomic E-state index is 0.0889. The smallest absolute Gasteiger partial charge is 0.311 e. The number of carboxylic acid groups (broad SMARTS) is 1. The van der Waals surface area contributed by atoms with Gasteiger partial charge in [-0.25, -0.2) is 12.8 Å². The Balaban J connectivity index is 1.65. The quantitative estimate of drug-likeness (QED) is 0.477. The molecular formula is C24H19FN2O6S. The van der Waals surface area contributed by atoms with Gasteiger partial charge in [0, 0.05) is 17.3 Å². The standard InChI is InChI=1S/C24H19FN2O6S/c25-19-2-1-3-21(12-19)33-14-18(24(29)30)15-34(31,32)22-10-8-20(9-11-22)27-23(28)17-6-4-16(13-26)5-7-17/h1-12,18H,14-15H2,(H,27,28)(H,29,30). The molecule has 0 saturated heterocycles. The van der Waals surface area contributed by atoms with Crippen LogP contribution in [0.15, 0.2) is 77.7 Å². The van der Waals surface area contributed by atoms with E-state index in [4.69, 9.17) is 10.00 Å². The molecule has 10 heteroatoms. The van der Waals surface area contributed by atoms with Gasteiger partial charge >= 0.3 is 5.97 Å². The predicted molar refractivity (Wildman–Crippen MR) is 121 cm³/mol. The van der Waals surface area contributed by atoms with Crippen LogP contribution >= 0.6 is 0 Å². The summed E-state index contributed by atoms with van der Waals surface area (Å²) in [6.07, 6.45) is 0. The Morgan fingerprint density at radius 3 is 2.32 bits per heavy atom. The molecule has 0 aliphatic rings. The van der Waals surface area contributed by atoms with Gasteiger partial charge in [0.05, 0.1) is 22.3 Å². The molecule has 3 aromatic rings. The fourth-order valence-electron chi connectivity index (χ4n) is 2.95. The Bertz CT molecular complexity index is 1330. The van der Waals surface area contributed by atoms with Crippen LogP contribution in [0.2, 0.25) is 0 Å². The number of nitrogens with zero attached hydrogens (tertiary/aromatic N) is 1. The lowest BCUT2D eigenvalue weighted by Gasteiger charge is -2.14. The Hall–Kier alpha value is -4.23. The molecule has 1 amide bonds. The van der Waals surface area contributed by atoms with E-state index in [1.54, 1.807) is 0 Å². The maximum Gasteiger partial charge on any atom is 0.311 e. The number of carboxylic acids is 1. The third kappa shape index (κ3) is 6.40. The second-order valence-electron chi connectivity index (χ2n) is 7.25. The number of aliphatic carboxylic acids is 1. The van der Waals surface area contributed by atoms with Gasteiger partial charge in [0.15, 0.2) is 9.84 Å². The molecule has 3 aromatic carbocycles. The Labute approximate surface area is 195 Å². The van der Waals surface area contributed by atoms with Gasteiger partial charge in [0.25, 0.3) is 5.91 Å². The van der Waals surface area contributed by atoms with Gasteiger partial charge in [-0.1, -0.05) is 6.07 Å². The first-order valence-electron chi connectivity index (χ1n) is 9.93. The predicted octanol–water partition coefficient (Wildman–Crippen LogP) is 3.50. The fraction of sp³-hybridized carbons (Fsp3) is 0.125. The number of nitrogens with one attached hydrogen (secondary N) is 1. The van der Waals surface area contributed by atoms with Crippen molar-refractivity contribution in [2.45, 2.75) is 4.90 Å². The molecule has 2 N–H and O–H groups in total. The van der Waals surface area contributed by atoms with Gasteiger partial charge < -0.3 is 15.2 Å². The summed E-state index contributed by atoms with van der Waals surface area (Å²) < 4.78 is 44.0. The molecule has 1 atom stereocenters. The average molecular weight is 482 g/mol. The fourth-order valence-corrected chi connectivity index (χ4v) is 4.46. The molecule has 3 rings (SSSR count). The molecule has 8 nitrogen and oxygen atoms in total. The Kier molecular flexibility index (Phi) is 7.60. The molecule has 34 heavy (non-hydrogen) atoms. The maximum absolute atomic E-state index is 13.3. The number of benzene rings is 3. The molecule has 0 aliphatic carbocycles. The number of carbonyl (C=O) groups is 2. The zero-order valence-electron chi connectivity index (χ0n) is 17.6. The summed E-state index contributed by atoms with van der Waals surface area (Å²) in [5.74, 6) is -4.40. The Morgan fingerprint density at radius 1 is 1.06 bits per heavy atom. The zero-order chi connectivity index (χ0) is 24.7. The number of anilines is 1. The van der Waals surface area contributed by atoms with Crippen LogP contribution in [0.5, 0.6) is 5.75 Å². The van der Waals surface area contributed by atoms with Gasteiger partial charge in [0.2, 0.25) is 0 Å². The first-order valence-corrected chi connectivity index (χ1v) is 11.6. The lowest BCUT2D eigenvalue weighted by molar-refractivity contribution is -0.141. The van der Waals surface area contributed by atoms with Crippen molar-refractivity contribution in [2.24, 2.45) is 5.92 Å². The monoisotopic (exact) mass is 482 g/mol. The van der Waals surface area contributed by atoms with E-state index in [0.29, 0.717) is 16.8 Å². The molecule has 0 fully saturated rings. The topological polar surface area (TPSA) is 134 Å². The molecule has 0 bridgehead atoms. The van der Waals surface area contributed by atoms with E-state index in [2.05, 4.69) is 5.32 Å². The number of rotatable bonds is 9. The van der Waals surface area contributed by atoms with Crippen LogP contribution in [0.1, 0.15) is 15.9 Å². The van der Waals surface area contributed by atoms with E-state index >= 15 is 0 Å². The van der Waals surface area contributed by atoms with Gasteiger partial charge in [-0.05, 0) is 60.7 Å². The highest BCUT2D eigenvalue weighted by Crippen LogP contribution is 2.20. The summed E-state index contributed by atoms with van der Waals surface area (Å²) in [4.78, 5) is 23.8. The van der Waals surface area contributed by atoms with E-state index in [-0.39, 0.29) is 10.6 Å². The number of ether oxygens (including phenoxy) is 1. The highest BCUT2D eigenvalue weighted by Gasteiger charge is 2.27. The van der Waals surface area contributed by atoms with Crippen LogP contribution < -0.4 is 10.1 Å². The number of hydrogen-bond acceptors (Lipinski definition) is 6. The molecule has 1 unspecified atom stereocenters. The van der Waals surface area contributed by atoms with Crippen LogP contribution in [0.3, 0.4) is 0 Å². The highest BCUT2D eigenvalue weighted by atomic mass is 32.2. The van der Waals surface area contributed by atoms with Crippen LogP contribution in [0, 0.1) is 23.1 Å². The Morgan fingerprint density at radius 2 is 1.74 bits per heavy atom. The minimum Gasteiger partial charge on any atom is -0.493 e. The third-order valence-electron chi connectivity index (χ3n) is 4.76. The van der Waals surface area contributed by atoms with Crippen molar-refractivity contribution < 1.29 is 32.2 Å². The van der Waals surface area contributed by atoms with Crippen molar-refractivity contribution in [3.8, 4) is 11.8 Å². The summed E-state index contributed by atoms with van der Waals surface area (Å²) in [6, 6.07) is 18.3. The van der Waals surface area contributed by atoms with E-state index in [9.17, 15) is 27.5 Å². The van der Waals surface area contributed by atoms with Crippen molar-refractivity contribution in [1.82, 2.24) is 0 Å². The summed E-state index contributed by atoms with van der Waals surface area (Å²) in [5, 5.41) is 20.8. The number of halogens is 1. The lowest BCUT2D eigenvalue weighted by atomic mass is 10.1. The summed E-state index contributed by atoms with van der Waals surface area (Å²) >= 11 is 0. The van der Waals surface area contributed by atoms with Crippen LogP contribution in [-0.4, -0.2) is 37.8 Å². The maximum atomic E-state index is 13.3. The number of nitriles is 1. The molecule has 0 heterocycles. The van der Waals surface area contributed by atoms with Crippen molar-refractivity contribution in [3.63, 3.8) is 0 Å². The molecule has 0 spiro atoms. The van der Waals surface area contributed by atoms with Gasteiger partial charge in [-0.3, -0.25) is 9.59 Å². The van der Waals surface area contributed by atoms with E-state index in [0.717, 1.165) is 6.07 Å². The molecular weight excluding hydrogens is 463 g/mol. The number of sulfone groups is 1. The molecule has 0 aromatic heterocycles. The number of hydrogen-bond donors (Lipinski definition) is 2. The first-order chi connectivity index (χ1) is 16.2. The van der Waals surface area contributed by atoms with Crippen molar-refractivity contribution in [2.75, 3.05) is 17.7 Å². The molecule has 0 radical (unpaired) electrons. The highest BCUT2D eigenvalue weighted by molar-refractivity contribution is 7.91. The SMILES string of the molecule is N#Cc1ccc(C(=O)Nc2ccc(S(=O)(=O)CC(COc3cccc(F)c3)C(=O)O)cc2)cc1.